The average molecular weight is 874 g/mol. The Morgan fingerprint density at radius 2 is 1.73 bits per heavy atom. The minimum absolute atomic E-state index is 0.00733. The van der Waals surface area contributed by atoms with Gasteiger partial charge in [0.05, 0.1) is 40.0 Å². The number of aromatic nitrogens is 5. The third-order valence-corrected chi connectivity index (χ3v) is 13.0. The molecule has 3 aromatic heterocycles. The molecule has 1 saturated carbocycles. The van der Waals surface area contributed by atoms with Gasteiger partial charge in [-0.05, 0) is 56.4 Å². The maximum atomic E-state index is 15.0. The number of halogens is 3. The Balaban J connectivity index is 0.826. The molecule has 0 bridgehead atoms. The van der Waals surface area contributed by atoms with Crippen molar-refractivity contribution in [3.63, 3.8) is 0 Å². The summed E-state index contributed by atoms with van der Waals surface area (Å²) in [4.78, 5) is 71.6. The lowest BCUT2D eigenvalue weighted by Crippen LogP contribution is -2.54. The van der Waals surface area contributed by atoms with E-state index in [-0.39, 0.29) is 65.0 Å². The largest absolute Gasteiger partial charge is 0.383 e. The maximum absolute atomic E-state index is 15.0. The van der Waals surface area contributed by atoms with Crippen LogP contribution >= 0.6 is 0 Å². The van der Waals surface area contributed by atoms with Crippen molar-refractivity contribution in [3.05, 3.63) is 71.9 Å². The number of nitrogens with two attached hydrogens (primary N) is 1. The van der Waals surface area contributed by atoms with Crippen molar-refractivity contribution in [1.29, 1.82) is 0 Å². The summed E-state index contributed by atoms with van der Waals surface area (Å²) in [5.74, 6) is -7.23. The van der Waals surface area contributed by atoms with Crippen LogP contribution in [0.3, 0.4) is 0 Å². The first-order chi connectivity index (χ1) is 29.6. The zero-order valence-electron chi connectivity index (χ0n) is 32.8. The number of piperidine rings is 2. The van der Waals surface area contributed by atoms with E-state index in [1.54, 1.807) is 41.0 Å². The van der Waals surface area contributed by atoms with Crippen LogP contribution in [0.4, 0.5) is 30.4 Å². The number of sulfonamides is 1. The molecule has 2 saturated heterocycles. The number of fused-ring (bicyclic) bond motifs is 2. The van der Waals surface area contributed by atoms with Crippen LogP contribution in [0.15, 0.2) is 55.0 Å². The van der Waals surface area contributed by atoms with Gasteiger partial charge in [-0.25, -0.2) is 17.8 Å². The minimum Gasteiger partial charge on any atom is -0.383 e. The number of rotatable bonds is 10. The second-order valence-electron chi connectivity index (χ2n) is 15.8. The summed E-state index contributed by atoms with van der Waals surface area (Å²) in [6.07, 6.45) is 7.58. The topological polar surface area (TPSA) is 237 Å². The SMILES string of the molecule is Cn1nc(-c2ccc(NS(=O)(=O)C(F)F)c(F)c2)c2c(N)ncc(-c3cnn(C4CCN(C(=O)[C@H]5C[C@H](Nc6cccc7c6C(=O)N(C6CCC(=O)NC6=O)C7=O)C5)CC4)c3)c21. The van der Waals surface area contributed by atoms with Crippen LogP contribution in [0.1, 0.15) is 65.3 Å². The summed E-state index contributed by atoms with van der Waals surface area (Å²) in [5, 5.41) is 15.1. The van der Waals surface area contributed by atoms with E-state index in [1.165, 1.54) is 12.1 Å². The summed E-state index contributed by atoms with van der Waals surface area (Å²) in [7, 11) is -3.42. The van der Waals surface area contributed by atoms with Crippen LogP contribution in [0.2, 0.25) is 0 Å². The number of pyridine rings is 1. The number of aryl methyl sites for hydroxylation is 1. The van der Waals surface area contributed by atoms with Crippen molar-refractivity contribution in [2.24, 2.45) is 13.0 Å². The van der Waals surface area contributed by atoms with Crippen LogP contribution in [-0.2, 0) is 31.5 Å². The standard InChI is InChI=1S/C40H38F3N11O7S/c1-51-34-25(17-45-35(44)32(34)33(49-51)19-5-6-27(26(41)15-19)50-62(60,61)40(42)43)21-16-46-53(18-21)23-9-11-52(12-10-23)37(57)20-13-22(14-20)47-28-4-2-3-24-31(28)39(59)54(38(24)58)29-7-8-30(55)48-36(29)56/h2-6,15-18,20,22-23,29,40,47,50H,7-14H2,1H3,(H2,44,45)(H,48,55,56)/t20-,22-,29?. The van der Waals surface area contributed by atoms with E-state index in [4.69, 9.17) is 5.73 Å². The summed E-state index contributed by atoms with van der Waals surface area (Å²) in [5.41, 5.74) is 8.81. The molecule has 62 heavy (non-hydrogen) atoms. The van der Waals surface area contributed by atoms with Gasteiger partial charge in [0.15, 0.2) is 0 Å². The molecule has 22 heteroatoms. The van der Waals surface area contributed by atoms with Gasteiger partial charge in [-0.2, -0.15) is 19.0 Å². The number of nitrogen functional groups attached to an aromatic ring is 1. The predicted octanol–water partition coefficient (Wildman–Crippen LogP) is 3.64. The zero-order valence-corrected chi connectivity index (χ0v) is 33.7. The van der Waals surface area contributed by atoms with Crippen molar-refractivity contribution in [2.45, 2.75) is 62.4 Å². The normalized spacial score (nSPS) is 20.8. The fourth-order valence-corrected chi connectivity index (χ4v) is 9.33. The molecule has 1 aliphatic carbocycles. The van der Waals surface area contributed by atoms with Gasteiger partial charge in [-0.3, -0.25) is 48.3 Å². The van der Waals surface area contributed by atoms with Gasteiger partial charge in [-0.1, -0.05) is 12.1 Å². The third kappa shape index (κ3) is 6.96. The van der Waals surface area contributed by atoms with Gasteiger partial charge in [0, 0.05) is 73.3 Å². The molecule has 322 valence electrons. The Kier molecular flexibility index (Phi) is 9.98. The number of alkyl halides is 2. The van der Waals surface area contributed by atoms with E-state index >= 15 is 0 Å². The second kappa shape index (κ2) is 15.3. The Bertz CT molecular complexity index is 2830. The maximum Gasteiger partial charge on any atom is 0.355 e. The predicted molar refractivity (Wildman–Crippen MR) is 216 cm³/mol. The molecule has 1 atom stereocenters. The van der Waals surface area contributed by atoms with E-state index in [2.05, 4.69) is 25.8 Å². The number of nitrogens with one attached hydrogen (secondary N) is 3. The molecule has 5 aromatic rings. The highest BCUT2D eigenvalue weighted by molar-refractivity contribution is 7.93. The smallest absolute Gasteiger partial charge is 0.355 e. The molecule has 4 aliphatic rings. The number of amides is 5. The number of carbonyl (C=O) groups excluding carboxylic acids is 5. The van der Waals surface area contributed by atoms with Crippen LogP contribution in [0.5, 0.6) is 0 Å². The van der Waals surface area contributed by atoms with E-state index in [1.807, 2.05) is 15.8 Å². The van der Waals surface area contributed by atoms with Crippen molar-refractivity contribution in [3.8, 4) is 22.4 Å². The highest BCUT2D eigenvalue weighted by Crippen LogP contribution is 2.40. The summed E-state index contributed by atoms with van der Waals surface area (Å²) in [6, 6.07) is 7.03. The molecule has 3 fully saturated rings. The molecule has 5 amide bonds. The molecule has 2 aromatic carbocycles. The van der Waals surface area contributed by atoms with E-state index in [9.17, 15) is 45.6 Å². The number of carbonyl (C=O) groups is 5. The minimum atomic E-state index is -5.09. The number of hydrogen-bond acceptors (Lipinski definition) is 12. The van der Waals surface area contributed by atoms with Crippen molar-refractivity contribution < 1.29 is 45.6 Å². The first-order valence-corrected chi connectivity index (χ1v) is 21.3. The Labute approximate surface area is 350 Å². The third-order valence-electron chi connectivity index (χ3n) is 12.0. The molecule has 6 heterocycles. The lowest BCUT2D eigenvalue weighted by atomic mass is 9.78. The summed E-state index contributed by atoms with van der Waals surface area (Å²) >= 11 is 0. The van der Waals surface area contributed by atoms with Crippen LogP contribution in [0.25, 0.3) is 33.3 Å². The fraction of sp³-hybridized carbons (Fsp3) is 0.350. The average Bonchev–Trinajstić information content (AvgIpc) is 3.92. The first kappa shape index (κ1) is 40.6. The van der Waals surface area contributed by atoms with Gasteiger partial charge in [0.25, 0.3) is 21.8 Å². The highest BCUT2D eigenvalue weighted by Gasteiger charge is 2.46. The highest BCUT2D eigenvalue weighted by atomic mass is 32.2. The van der Waals surface area contributed by atoms with Crippen molar-refractivity contribution in [1.82, 2.24) is 39.7 Å². The first-order valence-electron chi connectivity index (χ1n) is 19.7. The summed E-state index contributed by atoms with van der Waals surface area (Å²) < 4.78 is 68.9. The van der Waals surface area contributed by atoms with Crippen LogP contribution in [-0.4, -0.2) is 103 Å². The van der Waals surface area contributed by atoms with E-state index in [0.717, 1.165) is 17.0 Å². The number of benzene rings is 2. The number of nitrogens with zero attached hydrogens (tertiary/aromatic N) is 7. The number of anilines is 3. The number of hydrogen-bond donors (Lipinski definition) is 4. The quantitative estimate of drug-likeness (QED) is 0.147. The Morgan fingerprint density at radius 1 is 0.968 bits per heavy atom. The molecule has 0 spiro atoms. The second-order valence-corrected chi connectivity index (χ2v) is 17.5. The van der Waals surface area contributed by atoms with Gasteiger partial charge in [0.2, 0.25) is 17.7 Å². The monoisotopic (exact) mass is 873 g/mol. The zero-order chi connectivity index (χ0) is 43.8. The fourth-order valence-electron chi connectivity index (χ4n) is 8.77. The van der Waals surface area contributed by atoms with Gasteiger partial charge < -0.3 is 16.0 Å². The van der Waals surface area contributed by atoms with Gasteiger partial charge in [-0.15, -0.1) is 0 Å². The molecular formula is C40H38F3N11O7S. The van der Waals surface area contributed by atoms with Crippen molar-refractivity contribution >= 4 is 67.7 Å². The van der Waals surface area contributed by atoms with E-state index in [0.29, 0.717) is 66.5 Å². The molecule has 9 rings (SSSR count). The van der Waals surface area contributed by atoms with E-state index < -0.39 is 57.0 Å². The van der Waals surface area contributed by atoms with Crippen molar-refractivity contribution in [2.75, 3.05) is 28.9 Å². The molecule has 18 nitrogen and oxygen atoms in total. The Hall–Kier alpha value is -6.84. The van der Waals surface area contributed by atoms with Gasteiger partial charge in [0.1, 0.15) is 23.4 Å². The lowest BCUT2D eigenvalue weighted by molar-refractivity contribution is -0.140. The number of imide groups is 2. The molecule has 3 aliphatic heterocycles. The lowest BCUT2D eigenvalue weighted by Gasteiger charge is -2.40. The number of likely N-dealkylation sites (tertiary alicyclic amines) is 1. The van der Waals surface area contributed by atoms with Crippen LogP contribution < -0.4 is 21.1 Å². The Morgan fingerprint density at radius 3 is 2.44 bits per heavy atom. The van der Waals surface area contributed by atoms with Gasteiger partial charge >= 0.3 is 5.76 Å². The molecule has 5 N–H and O–H groups in total. The summed E-state index contributed by atoms with van der Waals surface area (Å²) in [6.45, 7) is 1.04. The molecule has 0 radical (unpaired) electrons. The van der Waals surface area contributed by atoms with Crippen LogP contribution in [0, 0.1) is 11.7 Å². The molecular weight excluding hydrogens is 836 g/mol. The molecule has 1 unspecified atom stereocenters.